The number of ether oxygens (including phenoxy) is 3. The van der Waals surface area contributed by atoms with Gasteiger partial charge in [-0.15, -0.1) is 0 Å². The van der Waals surface area contributed by atoms with E-state index in [-0.39, 0.29) is 12.3 Å². The Bertz CT molecular complexity index is 1040. The van der Waals surface area contributed by atoms with Gasteiger partial charge in [0, 0.05) is 11.3 Å². The number of amides is 2. The minimum Gasteiger partial charge on any atom is -0.493 e. The van der Waals surface area contributed by atoms with E-state index in [4.69, 9.17) is 19.9 Å². The Morgan fingerprint density at radius 3 is 2.13 bits per heavy atom. The SMILES string of the molecule is COc1cc(C(=O)Nc2ccccc2CC(N)=O)cc(OC)c1OCc1ccccc1. The maximum Gasteiger partial charge on any atom is 0.255 e. The molecule has 0 aromatic heterocycles. The van der Waals surface area contributed by atoms with E-state index in [2.05, 4.69) is 5.32 Å². The van der Waals surface area contributed by atoms with Crippen molar-refractivity contribution in [2.75, 3.05) is 19.5 Å². The highest BCUT2D eigenvalue weighted by atomic mass is 16.5. The number of rotatable bonds is 9. The summed E-state index contributed by atoms with van der Waals surface area (Å²) in [6.07, 6.45) is 0.0232. The molecule has 0 radical (unpaired) electrons. The molecule has 0 saturated carbocycles. The van der Waals surface area contributed by atoms with Crippen molar-refractivity contribution < 1.29 is 23.8 Å². The van der Waals surface area contributed by atoms with Gasteiger partial charge >= 0.3 is 0 Å². The molecule has 7 nitrogen and oxygen atoms in total. The van der Waals surface area contributed by atoms with Crippen LogP contribution in [0.1, 0.15) is 21.5 Å². The first kappa shape index (κ1) is 21.7. The summed E-state index contributed by atoms with van der Waals surface area (Å²) >= 11 is 0. The summed E-state index contributed by atoms with van der Waals surface area (Å²) in [5.74, 6) is 0.268. The van der Waals surface area contributed by atoms with Crippen LogP contribution in [-0.2, 0) is 17.8 Å². The number of anilines is 1. The molecule has 0 atom stereocenters. The molecule has 3 rings (SSSR count). The van der Waals surface area contributed by atoms with E-state index >= 15 is 0 Å². The van der Waals surface area contributed by atoms with Crippen LogP contribution in [0, 0.1) is 0 Å². The monoisotopic (exact) mass is 420 g/mol. The van der Waals surface area contributed by atoms with Gasteiger partial charge in [-0.25, -0.2) is 0 Å². The minimum absolute atomic E-state index is 0.0232. The van der Waals surface area contributed by atoms with Crippen molar-refractivity contribution in [3.05, 3.63) is 83.4 Å². The highest BCUT2D eigenvalue weighted by Crippen LogP contribution is 2.39. The van der Waals surface area contributed by atoms with Gasteiger partial charge < -0.3 is 25.3 Å². The molecule has 0 saturated heterocycles. The lowest BCUT2D eigenvalue weighted by molar-refractivity contribution is -0.117. The molecule has 0 spiro atoms. The second-order valence-electron chi connectivity index (χ2n) is 6.74. The number of methoxy groups -OCH3 is 2. The molecule has 0 unspecified atom stereocenters. The summed E-state index contributed by atoms with van der Waals surface area (Å²) in [6, 6.07) is 19.8. The predicted octanol–water partition coefficient (Wildman–Crippen LogP) is 3.56. The molecule has 31 heavy (non-hydrogen) atoms. The molecule has 0 bridgehead atoms. The van der Waals surface area contributed by atoms with Gasteiger partial charge in [-0.3, -0.25) is 9.59 Å². The van der Waals surface area contributed by atoms with E-state index in [0.717, 1.165) is 5.56 Å². The smallest absolute Gasteiger partial charge is 0.255 e. The number of nitrogens with one attached hydrogen (secondary N) is 1. The molecule has 3 aromatic carbocycles. The van der Waals surface area contributed by atoms with E-state index < -0.39 is 5.91 Å². The maximum absolute atomic E-state index is 12.9. The molecule has 7 heteroatoms. The number of hydrogen-bond donors (Lipinski definition) is 2. The number of primary amides is 1. The van der Waals surface area contributed by atoms with Gasteiger partial charge in [-0.05, 0) is 29.3 Å². The zero-order valence-corrected chi connectivity index (χ0v) is 17.4. The molecule has 0 heterocycles. The Morgan fingerprint density at radius 2 is 1.52 bits per heavy atom. The molecule has 160 valence electrons. The summed E-state index contributed by atoms with van der Waals surface area (Å²) in [6.45, 7) is 0.319. The molecule has 0 aliphatic carbocycles. The van der Waals surface area contributed by atoms with Gasteiger partial charge in [-0.2, -0.15) is 0 Å². The minimum atomic E-state index is -0.482. The molecular formula is C24H24N2O5. The lowest BCUT2D eigenvalue weighted by Crippen LogP contribution is -2.18. The van der Waals surface area contributed by atoms with Gasteiger partial charge in [0.05, 0.1) is 20.6 Å². The summed E-state index contributed by atoms with van der Waals surface area (Å²) in [4.78, 5) is 24.2. The van der Waals surface area contributed by atoms with Crippen LogP contribution in [0.3, 0.4) is 0 Å². The zero-order valence-electron chi connectivity index (χ0n) is 17.4. The zero-order chi connectivity index (χ0) is 22.2. The maximum atomic E-state index is 12.9. The van der Waals surface area contributed by atoms with Crippen molar-refractivity contribution in [2.24, 2.45) is 5.73 Å². The lowest BCUT2D eigenvalue weighted by Gasteiger charge is -2.16. The number of para-hydroxylation sites is 1. The average Bonchev–Trinajstić information content (AvgIpc) is 2.78. The Hall–Kier alpha value is -4.00. The third-order valence-corrected chi connectivity index (χ3v) is 4.58. The Morgan fingerprint density at radius 1 is 0.903 bits per heavy atom. The van der Waals surface area contributed by atoms with Crippen LogP contribution in [0.25, 0.3) is 0 Å². The van der Waals surface area contributed by atoms with Crippen molar-refractivity contribution in [1.29, 1.82) is 0 Å². The molecule has 0 aliphatic rings. The first-order chi connectivity index (χ1) is 15.0. The normalized spacial score (nSPS) is 10.3. The fourth-order valence-corrected chi connectivity index (χ4v) is 3.06. The van der Waals surface area contributed by atoms with Crippen molar-refractivity contribution in [3.8, 4) is 17.2 Å². The quantitative estimate of drug-likeness (QED) is 0.551. The van der Waals surface area contributed by atoms with E-state index in [9.17, 15) is 9.59 Å². The predicted molar refractivity (Wildman–Crippen MR) is 118 cm³/mol. The number of carbonyl (C=O) groups is 2. The standard InChI is InChI=1S/C24H24N2O5/c1-29-20-12-18(24(28)26-19-11-7-6-10-17(19)14-22(25)27)13-21(30-2)23(20)31-15-16-8-4-3-5-9-16/h3-13H,14-15H2,1-2H3,(H2,25,27)(H,26,28). The third-order valence-electron chi connectivity index (χ3n) is 4.58. The fraction of sp³-hybridized carbons (Fsp3) is 0.167. The largest absolute Gasteiger partial charge is 0.493 e. The first-order valence-electron chi connectivity index (χ1n) is 9.62. The highest BCUT2D eigenvalue weighted by molar-refractivity contribution is 6.05. The number of nitrogens with two attached hydrogens (primary N) is 1. The molecule has 0 aliphatic heterocycles. The van der Waals surface area contributed by atoms with Crippen LogP contribution in [0.4, 0.5) is 5.69 Å². The van der Waals surface area contributed by atoms with Crippen molar-refractivity contribution in [2.45, 2.75) is 13.0 Å². The average molecular weight is 420 g/mol. The number of hydrogen-bond acceptors (Lipinski definition) is 5. The topological polar surface area (TPSA) is 99.9 Å². The van der Waals surface area contributed by atoms with Crippen LogP contribution in [0.5, 0.6) is 17.2 Å². The molecular weight excluding hydrogens is 396 g/mol. The Labute approximate surface area is 180 Å². The van der Waals surface area contributed by atoms with Gasteiger partial charge in [0.15, 0.2) is 11.5 Å². The molecule has 0 fully saturated rings. The van der Waals surface area contributed by atoms with Crippen LogP contribution < -0.4 is 25.3 Å². The summed E-state index contributed by atoms with van der Waals surface area (Å²) in [5.41, 5.74) is 7.74. The number of benzene rings is 3. The van der Waals surface area contributed by atoms with Crippen molar-refractivity contribution in [1.82, 2.24) is 0 Å². The van der Waals surface area contributed by atoms with Crippen molar-refractivity contribution >= 4 is 17.5 Å². The van der Waals surface area contributed by atoms with Crippen LogP contribution in [-0.4, -0.2) is 26.0 Å². The second kappa shape index (κ2) is 10.2. The number of carbonyl (C=O) groups excluding carboxylic acids is 2. The Kier molecular flexibility index (Phi) is 7.11. The summed E-state index contributed by atoms with van der Waals surface area (Å²) < 4.78 is 16.8. The molecule has 2 amide bonds. The van der Waals surface area contributed by atoms with E-state index in [1.165, 1.54) is 14.2 Å². The molecule has 3 aromatic rings. The van der Waals surface area contributed by atoms with E-state index in [1.807, 2.05) is 30.3 Å². The highest BCUT2D eigenvalue weighted by Gasteiger charge is 2.19. The third kappa shape index (κ3) is 5.54. The van der Waals surface area contributed by atoms with Crippen LogP contribution in [0.2, 0.25) is 0 Å². The lowest BCUT2D eigenvalue weighted by atomic mass is 10.1. The summed E-state index contributed by atoms with van der Waals surface area (Å²) in [7, 11) is 2.99. The fourth-order valence-electron chi connectivity index (χ4n) is 3.06. The summed E-state index contributed by atoms with van der Waals surface area (Å²) in [5, 5.41) is 2.81. The second-order valence-corrected chi connectivity index (χ2v) is 6.74. The van der Waals surface area contributed by atoms with Gasteiger partial charge in [0.2, 0.25) is 11.7 Å². The van der Waals surface area contributed by atoms with Gasteiger partial charge in [0.1, 0.15) is 6.61 Å². The first-order valence-corrected chi connectivity index (χ1v) is 9.62. The van der Waals surface area contributed by atoms with Crippen LogP contribution in [0.15, 0.2) is 66.7 Å². The Balaban J connectivity index is 1.85. The van der Waals surface area contributed by atoms with Gasteiger partial charge in [0.25, 0.3) is 5.91 Å². The van der Waals surface area contributed by atoms with Crippen LogP contribution >= 0.6 is 0 Å². The molecule has 3 N–H and O–H groups in total. The van der Waals surface area contributed by atoms with E-state index in [1.54, 1.807) is 36.4 Å². The van der Waals surface area contributed by atoms with E-state index in [0.29, 0.717) is 40.7 Å². The van der Waals surface area contributed by atoms with Gasteiger partial charge in [-0.1, -0.05) is 48.5 Å². The van der Waals surface area contributed by atoms with Crippen molar-refractivity contribution in [3.63, 3.8) is 0 Å².